The maximum atomic E-state index is 11.5. The minimum absolute atomic E-state index is 0.174. The second-order valence-electron chi connectivity index (χ2n) is 4.10. The SMILES string of the molecule is CNCCC1CN(C2CC2)C(=O)CO1. The second-order valence-corrected chi connectivity index (χ2v) is 4.10. The van der Waals surface area contributed by atoms with Crippen molar-refractivity contribution in [1.82, 2.24) is 10.2 Å². The number of hydrogen-bond donors (Lipinski definition) is 1. The monoisotopic (exact) mass is 198 g/mol. The zero-order valence-electron chi connectivity index (χ0n) is 8.66. The highest BCUT2D eigenvalue weighted by molar-refractivity contribution is 5.78. The molecule has 1 heterocycles. The van der Waals surface area contributed by atoms with Crippen LogP contribution in [-0.2, 0) is 9.53 Å². The molecule has 1 aliphatic heterocycles. The molecule has 0 spiro atoms. The number of amides is 1. The maximum absolute atomic E-state index is 11.5. The normalized spacial score (nSPS) is 28.2. The van der Waals surface area contributed by atoms with Crippen LogP contribution < -0.4 is 5.32 Å². The van der Waals surface area contributed by atoms with Gasteiger partial charge in [0.1, 0.15) is 6.61 Å². The van der Waals surface area contributed by atoms with Crippen molar-refractivity contribution in [2.24, 2.45) is 0 Å². The zero-order chi connectivity index (χ0) is 9.97. The number of ether oxygens (including phenoxy) is 1. The standard InChI is InChI=1S/C10H18N2O2/c1-11-5-4-9-6-12(8-2-3-8)10(13)7-14-9/h8-9,11H,2-7H2,1H3. The molecule has 1 unspecified atom stereocenters. The Morgan fingerprint density at radius 1 is 1.57 bits per heavy atom. The first-order valence-corrected chi connectivity index (χ1v) is 5.37. The summed E-state index contributed by atoms with van der Waals surface area (Å²) in [5.41, 5.74) is 0. The van der Waals surface area contributed by atoms with Gasteiger partial charge in [-0.25, -0.2) is 0 Å². The lowest BCUT2D eigenvalue weighted by molar-refractivity contribution is -0.149. The van der Waals surface area contributed by atoms with Crippen molar-refractivity contribution in [3.8, 4) is 0 Å². The highest BCUT2D eigenvalue weighted by Gasteiger charge is 2.36. The first-order chi connectivity index (χ1) is 6.81. The summed E-state index contributed by atoms with van der Waals surface area (Å²) < 4.78 is 5.47. The molecule has 1 saturated carbocycles. The molecule has 4 nitrogen and oxygen atoms in total. The average molecular weight is 198 g/mol. The van der Waals surface area contributed by atoms with E-state index in [1.165, 1.54) is 12.8 Å². The van der Waals surface area contributed by atoms with E-state index in [-0.39, 0.29) is 18.6 Å². The maximum Gasteiger partial charge on any atom is 0.248 e. The van der Waals surface area contributed by atoms with Crippen LogP contribution in [0.25, 0.3) is 0 Å². The summed E-state index contributed by atoms with van der Waals surface area (Å²) in [5.74, 6) is 0.174. The molecule has 14 heavy (non-hydrogen) atoms. The number of hydrogen-bond acceptors (Lipinski definition) is 3. The van der Waals surface area contributed by atoms with Crippen LogP contribution in [0.5, 0.6) is 0 Å². The summed E-state index contributed by atoms with van der Waals surface area (Å²) in [7, 11) is 1.94. The molecule has 1 saturated heterocycles. The fraction of sp³-hybridized carbons (Fsp3) is 0.900. The number of carbonyl (C=O) groups is 1. The first kappa shape index (κ1) is 9.93. The lowest BCUT2D eigenvalue weighted by Crippen LogP contribution is -2.48. The largest absolute Gasteiger partial charge is 0.367 e. The second kappa shape index (κ2) is 4.28. The Balaban J connectivity index is 1.82. The number of carbonyl (C=O) groups excluding carboxylic acids is 1. The van der Waals surface area contributed by atoms with Gasteiger partial charge in [0.25, 0.3) is 0 Å². The van der Waals surface area contributed by atoms with Crippen molar-refractivity contribution in [1.29, 1.82) is 0 Å². The molecular formula is C10H18N2O2. The summed E-state index contributed by atoms with van der Waals surface area (Å²) in [5, 5.41) is 3.10. The van der Waals surface area contributed by atoms with Gasteiger partial charge in [0.2, 0.25) is 5.91 Å². The van der Waals surface area contributed by atoms with Crippen LogP contribution in [0.4, 0.5) is 0 Å². The highest BCUT2D eigenvalue weighted by atomic mass is 16.5. The number of nitrogens with zero attached hydrogens (tertiary/aromatic N) is 1. The van der Waals surface area contributed by atoms with Gasteiger partial charge < -0.3 is 15.0 Å². The zero-order valence-corrected chi connectivity index (χ0v) is 8.66. The smallest absolute Gasteiger partial charge is 0.248 e. The van der Waals surface area contributed by atoms with Gasteiger partial charge in [0.05, 0.1) is 6.10 Å². The van der Waals surface area contributed by atoms with Crippen LogP contribution in [0.3, 0.4) is 0 Å². The van der Waals surface area contributed by atoms with Crippen molar-refractivity contribution in [2.45, 2.75) is 31.4 Å². The van der Waals surface area contributed by atoms with E-state index < -0.39 is 0 Å². The van der Waals surface area contributed by atoms with Crippen molar-refractivity contribution < 1.29 is 9.53 Å². The molecule has 0 aromatic carbocycles. The van der Waals surface area contributed by atoms with Gasteiger partial charge in [0.15, 0.2) is 0 Å². The van der Waals surface area contributed by atoms with E-state index >= 15 is 0 Å². The molecule has 1 aliphatic carbocycles. The van der Waals surface area contributed by atoms with Crippen LogP contribution in [0.2, 0.25) is 0 Å². The van der Waals surface area contributed by atoms with Crippen LogP contribution in [-0.4, -0.2) is 49.7 Å². The Kier molecular flexibility index (Phi) is 3.03. The van der Waals surface area contributed by atoms with Gasteiger partial charge in [-0.05, 0) is 32.9 Å². The molecular weight excluding hydrogens is 180 g/mol. The summed E-state index contributed by atoms with van der Waals surface area (Å²) in [4.78, 5) is 13.5. The van der Waals surface area contributed by atoms with Crippen LogP contribution in [0.15, 0.2) is 0 Å². The molecule has 0 bridgehead atoms. The number of rotatable bonds is 4. The highest BCUT2D eigenvalue weighted by Crippen LogP contribution is 2.29. The first-order valence-electron chi connectivity index (χ1n) is 5.37. The number of nitrogens with one attached hydrogen (secondary N) is 1. The van der Waals surface area contributed by atoms with Crippen molar-refractivity contribution in [3.05, 3.63) is 0 Å². The molecule has 1 amide bonds. The molecule has 1 N–H and O–H groups in total. The molecule has 80 valence electrons. The molecule has 1 atom stereocenters. The lowest BCUT2D eigenvalue weighted by Gasteiger charge is -2.32. The van der Waals surface area contributed by atoms with Gasteiger partial charge in [-0.1, -0.05) is 0 Å². The third-order valence-electron chi connectivity index (χ3n) is 2.87. The van der Waals surface area contributed by atoms with Gasteiger partial charge >= 0.3 is 0 Å². The fourth-order valence-corrected chi connectivity index (χ4v) is 1.86. The Morgan fingerprint density at radius 3 is 3.00 bits per heavy atom. The number of morpholine rings is 1. The third-order valence-corrected chi connectivity index (χ3v) is 2.87. The topological polar surface area (TPSA) is 41.6 Å². The van der Waals surface area contributed by atoms with Gasteiger partial charge in [-0.2, -0.15) is 0 Å². The molecule has 2 fully saturated rings. The fourth-order valence-electron chi connectivity index (χ4n) is 1.86. The third kappa shape index (κ3) is 2.25. The van der Waals surface area contributed by atoms with Crippen molar-refractivity contribution in [2.75, 3.05) is 26.7 Å². The molecule has 2 rings (SSSR count). The minimum atomic E-state index is 0.174. The summed E-state index contributed by atoms with van der Waals surface area (Å²) in [6, 6.07) is 0.531. The molecule has 0 aromatic rings. The Morgan fingerprint density at radius 2 is 2.36 bits per heavy atom. The molecule has 2 aliphatic rings. The van der Waals surface area contributed by atoms with E-state index in [9.17, 15) is 4.79 Å². The van der Waals surface area contributed by atoms with Crippen molar-refractivity contribution >= 4 is 5.91 Å². The molecule has 0 radical (unpaired) electrons. The molecule has 0 aromatic heterocycles. The Hall–Kier alpha value is -0.610. The van der Waals surface area contributed by atoms with Crippen LogP contribution in [0, 0.1) is 0 Å². The van der Waals surface area contributed by atoms with Gasteiger partial charge in [-0.15, -0.1) is 0 Å². The predicted octanol–water partition coefficient (Wildman–Crippen LogP) is -0.0143. The van der Waals surface area contributed by atoms with E-state index in [2.05, 4.69) is 5.32 Å². The molecule has 4 heteroatoms. The summed E-state index contributed by atoms with van der Waals surface area (Å²) >= 11 is 0. The van der Waals surface area contributed by atoms with E-state index in [4.69, 9.17) is 4.74 Å². The average Bonchev–Trinajstić information content (AvgIpc) is 3.00. The predicted molar refractivity (Wildman–Crippen MR) is 53.0 cm³/mol. The summed E-state index contributed by atoms with van der Waals surface area (Å²) in [6.07, 6.45) is 3.60. The Labute approximate surface area is 84.6 Å². The Bertz CT molecular complexity index is 216. The summed E-state index contributed by atoms with van der Waals surface area (Å²) in [6.45, 7) is 2.04. The van der Waals surface area contributed by atoms with Crippen LogP contribution >= 0.6 is 0 Å². The van der Waals surface area contributed by atoms with Crippen molar-refractivity contribution in [3.63, 3.8) is 0 Å². The minimum Gasteiger partial charge on any atom is -0.367 e. The van der Waals surface area contributed by atoms with Gasteiger partial charge in [0, 0.05) is 12.6 Å². The lowest BCUT2D eigenvalue weighted by atomic mass is 10.2. The van der Waals surface area contributed by atoms with Crippen LogP contribution in [0.1, 0.15) is 19.3 Å². The van der Waals surface area contributed by atoms with E-state index in [0.29, 0.717) is 6.04 Å². The van der Waals surface area contributed by atoms with E-state index in [0.717, 1.165) is 19.5 Å². The quantitative estimate of drug-likeness (QED) is 0.690. The van der Waals surface area contributed by atoms with E-state index in [1.807, 2.05) is 11.9 Å². The van der Waals surface area contributed by atoms with Gasteiger partial charge in [-0.3, -0.25) is 4.79 Å². The van der Waals surface area contributed by atoms with E-state index in [1.54, 1.807) is 0 Å².